The van der Waals surface area contributed by atoms with Crippen LogP contribution in [0.5, 0.6) is 5.75 Å². The van der Waals surface area contributed by atoms with Gasteiger partial charge in [-0.2, -0.15) is 0 Å². The smallest absolute Gasteiger partial charge is 0.119 e. The number of para-hydroxylation sites is 1. The SMILES string of the molecule is Nc1cncc(NCCCOc2ccccc2)c1. The Morgan fingerprint density at radius 2 is 2.00 bits per heavy atom. The van der Waals surface area contributed by atoms with E-state index in [1.54, 1.807) is 12.4 Å². The van der Waals surface area contributed by atoms with Crippen molar-refractivity contribution in [3.63, 3.8) is 0 Å². The highest BCUT2D eigenvalue weighted by Crippen LogP contribution is 2.10. The summed E-state index contributed by atoms with van der Waals surface area (Å²) in [4.78, 5) is 4.01. The van der Waals surface area contributed by atoms with Gasteiger partial charge in [-0.15, -0.1) is 0 Å². The fraction of sp³-hybridized carbons (Fsp3) is 0.214. The van der Waals surface area contributed by atoms with E-state index in [0.29, 0.717) is 12.3 Å². The molecule has 0 bridgehead atoms. The summed E-state index contributed by atoms with van der Waals surface area (Å²) in [5.74, 6) is 0.906. The molecule has 0 aliphatic carbocycles. The van der Waals surface area contributed by atoms with Crippen molar-refractivity contribution in [1.29, 1.82) is 0 Å². The normalized spacial score (nSPS) is 10.0. The molecule has 4 nitrogen and oxygen atoms in total. The summed E-state index contributed by atoms with van der Waals surface area (Å²) >= 11 is 0. The Kier molecular flexibility index (Phi) is 4.41. The van der Waals surface area contributed by atoms with Crippen molar-refractivity contribution in [2.45, 2.75) is 6.42 Å². The minimum absolute atomic E-state index is 0.667. The van der Waals surface area contributed by atoms with Crippen LogP contribution in [0.4, 0.5) is 11.4 Å². The second-order valence-corrected chi connectivity index (χ2v) is 3.95. The number of anilines is 2. The van der Waals surface area contributed by atoms with E-state index in [2.05, 4.69) is 10.3 Å². The van der Waals surface area contributed by atoms with Gasteiger partial charge in [-0.25, -0.2) is 0 Å². The van der Waals surface area contributed by atoms with Crippen LogP contribution in [0, 0.1) is 0 Å². The van der Waals surface area contributed by atoms with Crippen LogP contribution in [0.3, 0.4) is 0 Å². The molecule has 1 aromatic carbocycles. The summed E-state index contributed by atoms with van der Waals surface area (Å²) in [6, 6.07) is 11.7. The summed E-state index contributed by atoms with van der Waals surface area (Å²) in [6.07, 6.45) is 4.31. The number of rotatable bonds is 6. The van der Waals surface area contributed by atoms with Gasteiger partial charge in [-0.1, -0.05) is 18.2 Å². The number of nitrogens with two attached hydrogens (primary N) is 1. The van der Waals surface area contributed by atoms with Crippen molar-refractivity contribution in [3.05, 3.63) is 48.8 Å². The Labute approximate surface area is 107 Å². The third-order valence-corrected chi connectivity index (χ3v) is 2.42. The Balaban J connectivity index is 1.65. The van der Waals surface area contributed by atoms with Gasteiger partial charge in [0.25, 0.3) is 0 Å². The first-order chi connectivity index (χ1) is 8.84. The van der Waals surface area contributed by atoms with Crippen molar-refractivity contribution < 1.29 is 4.74 Å². The lowest BCUT2D eigenvalue weighted by Gasteiger charge is -2.08. The molecule has 0 spiro atoms. The highest BCUT2D eigenvalue weighted by molar-refractivity contribution is 5.51. The van der Waals surface area contributed by atoms with Gasteiger partial charge in [-0.3, -0.25) is 4.98 Å². The average Bonchev–Trinajstić information content (AvgIpc) is 2.40. The third-order valence-electron chi connectivity index (χ3n) is 2.42. The van der Waals surface area contributed by atoms with Gasteiger partial charge in [0.1, 0.15) is 5.75 Å². The van der Waals surface area contributed by atoms with E-state index in [1.807, 2.05) is 36.4 Å². The minimum Gasteiger partial charge on any atom is -0.494 e. The van der Waals surface area contributed by atoms with Crippen LogP contribution in [0.15, 0.2) is 48.8 Å². The molecule has 0 saturated heterocycles. The number of hydrogen-bond acceptors (Lipinski definition) is 4. The highest BCUT2D eigenvalue weighted by atomic mass is 16.5. The summed E-state index contributed by atoms with van der Waals surface area (Å²) < 4.78 is 5.59. The van der Waals surface area contributed by atoms with E-state index in [4.69, 9.17) is 10.5 Å². The monoisotopic (exact) mass is 243 g/mol. The molecule has 1 heterocycles. The first kappa shape index (κ1) is 12.2. The van der Waals surface area contributed by atoms with E-state index >= 15 is 0 Å². The lowest BCUT2D eigenvalue weighted by molar-refractivity contribution is 0.315. The molecule has 0 fully saturated rings. The van der Waals surface area contributed by atoms with Crippen molar-refractivity contribution in [2.75, 3.05) is 24.2 Å². The summed E-state index contributed by atoms with van der Waals surface area (Å²) in [5.41, 5.74) is 7.24. The largest absolute Gasteiger partial charge is 0.494 e. The first-order valence-electron chi connectivity index (χ1n) is 5.97. The van der Waals surface area contributed by atoms with Gasteiger partial charge in [0.2, 0.25) is 0 Å². The maximum Gasteiger partial charge on any atom is 0.119 e. The number of aromatic nitrogens is 1. The highest BCUT2D eigenvalue weighted by Gasteiger charge is 1.94. The molecule has 2 aromatic rings. The van der Waals surface area contributed by atoms with Gasteiger partial charge in [0.05, 0.1) is 24.2 Å². The average molecular weight is 243 g/mol. The van der Waals surface area contributed by atoms with Crippen LogP contribution >= 0.6 is 0 Å². The summed E-state index contributed by atoms with van der Waals surface area (Å²) in [5, 5.41) is 3.25. The molecule has 2 rings (SSSR count). The van der Waals surface area contributed by atoms with Gasteiger partial charge in [-0.05, 0) is 24.6 Å². The second-order valence-electron chi connectivity index (χ2n) is 3.95. The van der Waals surface area contributed by atoms with Crippen molar-refractivity contribution in [3.8, 4) is 5.75 Å². The Morgan fingerprint density at radius 3 is 2.78 bits per heavy atom. The van der Waals surface area contributed by atoms with E-state index < -0.39 is 0 Å². The maximum atomic E-state index is 5.64. The Morgan fingerprint density at radius 1 is 1.17 bits per heavy atom. The maximum absolute atomic E-state index is 5.64. The Hall–Kier alpha value is -2.23. The molecule has 0 unspecified atom stereocenters. The van der Waals surface area contributed by atoms with Crippen LogP contribution in [-0.2, 0) is 0 Å². The zero-order valence-corrected chi connectivity index (χ0v) is 10.2. The predicted octanol–water partition coefficient (Wildman–Crippen LogP) is 2.54. The number of ether oxygens (including phenoxy) is 1. The summed E-state index contributed by atoms with van der Waals surface area (Å²) in [6.45, 7) is 1.52. The number of nitrogens with zero attached hydrogens (tertiary/aromatic N) is 1. The molecule has 0 amide bonds. The lowest BCUT2D eigenvalue weighted by Crippen LogP contribution is -2.07. The molecule has 4 heteroatoms. The van der Waals surface area contributed by atoms with E-state index in [9.17, 15) is 0 Å². The molecule has 18 heavy (non-hydrogen) atoms. The van der Waals surface area contributed by atoms with E-state index in [0.717, 1.165) is 24.4 Å². The topological polar surface area (TPSA) is 60.2 Å². The fourth-order valence-corrected chi connectivity index (χ4v) is 1.57. The van der Waals surface area contributed by atoms with Gasteiger partial charge >= 0.3 is 0 Å². The van der Waals surface area contributed by atoms with Gasteiger partial charge in [0, 0.05) is 12.7 Å². The van der Waals surface area contributed by atoms with Gasteiger partial charge in [0.15, 0.2) is 0 Å². The van der Waals surface area contributed by atoms with E-state index in [1.165, 1.54) is 0 Å². The van der Waals surface area contributed by atoms with Crippen LogP contribution in [0.1, 0.15) is 6.42 Å². The number of nitrogens with one attached hydrogen (secondary N) is 1. The number of nitrogen functional groups attached to an aromatic ring is 1. The zero-order valence-electron chi connectivity index (χ0n) is 10.2. The van der Waals surface area contributed by atoms with Crippen LogP contribution < -0.4 is 15.8 Å². The van der Waals surface area contributed by atoms with Crippen molar-refractivity contribution in [2.24, 2.45) is 0 Å². The van der Waals surface area contributed by atoms with Crippen molar-refractivity contribution in [1.82, 2.24) is 4.98 Å². The van der Waals surface area contributed by atoms with Crippen LogP contribution in [-0.4, -0.2) is 18.1 Å². The first-order valence-corrected chi connectivity index (χ1v) is 5.97. The fourth-order valence-electron chi connectivity index (χ4n) is 1.57. The molecule has 0 atom stereocenters. The lowest BCUT2D eigenvalue weighted by atomic mass is 10.3. The van der Waals surface area contributed by atoms with Gasteiger partial charge < -0.3 is 15.8 Å². The standard InChI is InChI=1S/C14H17N3O/c15-12-9-13(11-16-10-12)17-7-4-8-18-14-5-2-1-3-6-14/h1-3,5-6,9-11,17H,4,7-8,15H2. The number of pyridine rings is 1. The predicted molar refractivity (Wildman–Crippen MR) is 73.7 cm³/mol. The number of hydrogen-bond donors (Lipinski definition) is 2. The summed E-state index contributed by atoms with van der Waals surface area (Å²) in [7, 11) is 0. The Bertz CT molecular complexity index is 473. The molecule has 0 radical (unpaired) electrons. The second kappa shape index (κ2) is 6.49. The molecule has 3 N–H and O–H groups in total. The van der Waals surface area contributed by atoms with Crippen LogP contribution in [0.2, 0.25) is 0 Å². The quantitative estimate of drug-likeness (QED) is 0.765. The molecular formula is C14H17N3O. The zero-order chi connectivity index (χ0) is 12.6. The van der Waals surface area contributed by atoms with E-state index in [-0.39, 0.29) is 0 Å². The molecule has 0 saturated carbocycles. The molecule has 0 aliphatic rings. The number of benzene rings is 1. The molecule has 0 aliphatic heterocycles. The molecule has 1 aromatic heterocycles. The molecule has 94 valence electrons. The third kappa shape index (κ3) is 3.97. The molecular weight excluding hydrogens is 226 g/mol. The minimum atomic E-state index is 0.667. The van der Waals surface area contributed by atoms with Crippen LogP contribution in [0.25, 0.3) is 0 Å². The van der Waals surface area contributed by atoms with Crippen molar-refractivity contribution >= 4 is 11.4 Å².